The van der Waals surface area contributed by atoms with Gasteiger partial charge >= 0.3 is 0 Å². The molecule has 0 aliphatic rings. The Morgan fingerprint density at radius 2 is 1.86 bits per heavy atom. The van der Waals surface area contributed by atoms with Gasteiger partial charge in [0.05, 0.1) is 6.61 Å². The molecule has 2 amide bonds. The Hall–Kier alpha value is -2.04. The van der Waals surface area contributed by atoms with E-state index in [2.05, 4.69) is 10.6 Å². The van der Waals surface area contributed by atoms with E-state index < -0.39 is 6.04 Å². The van der Waals surface area contributed by atoms with E-state index in [4.69, 9.17) is 4.74 Å². The minimum atomic E-state index is -0.488. The predicted octanol–water partition coefficient (Wildman–Crippen LogP) is 1.73. The van der Waals surface area contributed by atoms with Crippen molar-refractivity contribution in [3.8, 4) is 5.75 Å². The van der Waals surface area contributed by atoms with E-state index in [9.17, 15) is 9.59 Å². The second-order valence-electron chi connectivity index (χ2n) is 5.23. The van der Waals surface area contributed by atoms with Crippen LogP contribution in [0, 0.1) is 5.92 Å². The fraction of sp³-hybridized carbons (Fsp3) is 0.500. The fourth-order valence-electron chi connectivity index (χ4n) is 1.85. The first kappa shape index (κ1) is 17.0. The average molecular weight is 292 g/mol. The van der Waals surface area contributed by atoms with Crippen LogP contribution < -0.4 is 15.4 Å². The van der Waals surface area contributed by atoms with Crippen LogP contribution in [0.1, 0.15) is 27.2 Å². The van der Waals surface area contributed by atoms with Crippen molar-refractivity contribution in [2.24, 2.45) is 5.92 Å². The van der Waals surface area contributed by atoms with Crippen molar-refractivity contribution in [1.82, 2.24) is 10.6 Å². The number of rotatable bonds is 8. The maximum absolute atomic E-state index is 12.0. The number of carbonyl (C=O) groups excluding carboxylic acids is 2. The molecule has 0 bridgehead atoms. The highest BCUT2D eigenvalue weighted by molar-refractivity contribution is 5.86. The molecule has 1 atom stereocenters. The van der Waals surface area contributed by atoms with Gasteiger partial charge in [-0.1, -0.05) is 32.0 Å². The lowest BCUT2D eigenvalue weighted by Crippen LogP contribution is -2.49. The van der Waals surface area contributed by atoms with Crippen LogP contribution in [-0.4, -0.2) is 31.0 Å². The van der Waals surface area contributed by atoms with Gasteiger partial charge in [-0.05, 0) is 24.5 Å². The van der Waals surface area contributed by atoms with Gasteiger partial charge in [-0.15, -0.1) is 0 Å². The zero-order valence-corrected chi connectivity index (χ0v) is 12.9. The molecule has 21 heavy (non-hydrogen) atoms. The van der Waals surface area contributed by atoms with Gasteiger partial charge in [-0.25, -0.2) is 0 Å². The van der Waals surface area contributed by atoms with Crippen LogP contribution in [-0.2, 0) is 9.59 Å². The second kappa shape index (κ2) is 9.00. The molecule has 0 aromatic heterocycles. The Morgan fingerprint density at radius 1 is 1.19 bits per heavy atom. The van der Waals surface area contributed by atoms with Crippen molar-refractivity contribution < 1.29 is 14.3 Å². The molecule has 0 heterocycles. The highest BCUT2D eigenvalue weighted by Gasteiger charge is 2.22. The number of hydrogen-bond acceptors (Lipinski definition) is 3. The molecule has 1 rings (SSSR count). The monoisotopic (exact) mass is 292 g/mol. The summed E-state index contributed by atoms with van der Waals surface area (Å²) in [6, 6.07) is 9.06. The third kappa shape index (κ3) is 6.79. The maximum atomic E-state index is 12.0. The summed E-state index contributed by atoms with van der Waals surface area (Å²) in [6.07, 6.45) is 0.714. The highest BCUT2D eigenvalue weighted by atomic mass is 16.5. The molecular weight excluding hydrogens is 268 g/mol. The van der Waals surface area contributed by atoms with E-state index in [0.29, 0.717) is 19.6 Å². The molecule has 0 radical (unpaired) electrons. The second-order valence-corrected chi connectivity index (χ2v) is 5.23. The first-order valence-electron chi connectivity index (χ1n) is 7.23. The SMILES string of the molecule is CC(=O)NC(C(=O)NCCCOc1ccccc1)C(C)C. The van der Waals surface area contributed by atoms with Crippen LogP contribution >= 0.6 is 0 Å². The Labute approximate surface area is 126 Å². The van der Waals surface area contributed by atoms with E-state index in [1.165, 1.54) is 6.92 Å². The van der Waals surface area contributed by atoms with E-state index in [-0.39, 0.29) is 17.7 Å². The predicted molar refractivity (Wildman–Crippen MR) is 82.0 cm³/mol. The molecule has 1 aromatic carbocycles. The summed E-state index contributed by atoms with van der Waals surface area (Å²) in [5, 5.41) is 5.49. The molecular formula is C16H24N2O3. The molecule has 0 saturated carbocycles. The topological polar surface area (TPSA) is 67.4 Å². The third-order valence-corrected chi connectivity index (χ3v) is 2.94. The van der Waals surface area contributed by atoms with Crippen LogP contribution in [0.25, 0.3) is 0 Å². The molecule has 1 aromatic rings. The van der Waals surface area contributed by atoms with Crippen molar-refractivity contribution in [2.45, 2.75) is 33.2 Å². The van der Waals surface area contributed by atoms with Crippen molar-refractivity contribution in [3.63, 3.8) is 0 Å². The summed E-state index contributed by atoms with van der Waals surface area (Å²) < 4.78 is 5.54. The molecule has 2 N–H and O–H groups in total. The van der Waals surface area contributed by atoms with Gasteiger partial charge in [0.25, 0.3) is 0 Å². The smallest absolute Gasteiger partial charge is 0.242 e. The van der Waals surface area contributed by atoms with Crippen molar-refractivity contribution >= 4 is 11.8 Å². The zero-order chi connectivity index (χ0) is 15.7. The van der Waals surface area contributed by atoms with E-state index >= 15 is 0 Å². The first-order chi connectivity index (χ1) is 10.0. The minimum absolute atomic E-state index is 0.0504. The van der Waals surface area contributed by atoms with Gasteiger partial charge in [-0.2, -0.15) is 0 Å². The molecule has 0 aliphatic heterocycles. The molecule has 5 nitrogen and oxygen atoms in total. The van der Waals surface area contributed by atoms with Crippen LogP contribution in [0.4, 0.5) is 0 Å². The van der Waals surface area contributed by atoms with E-state index in [1.807, 2.05) is 44.2 Å². The molecule has 1 unspecified atom stereocenters. The van der Waals surface area contributed by atoms with Crippen molar-refractivity contribution in [2.75, 3.05) is 13.2 Å². The van der Waals surface area contributed by atoms with Gasteiger partial charge in [0.15, 0.2) is 0 Å². The van der Waals surface area contributed by atoms with Gasteiger partial charge in [0.1, 0.15) is 11.8 Å². The standard InChI is InChI=1S/C16H24N2O3/c1-12(2)15(18-13(3)19)16(20)17-10-7-11-21-14-8-5-4-6-9-14/h4-6,8-9,12,15H,7,10-11H2,1-3H3,(H,17,20)(H,18,19). The lowest BCUT2D eigenvalue weighted by atomic mass is 10.0. The molecule has 5 heteroatoms. The van der Waals surface area contributed by atoms with E-state index in [0.717, 1.165) is 5.75 Å². The summed E-state index contributed by atoms with van der Waals surface area (Å²) in [7, 11) is 0. The normalized spacial score (nSPS) is 11.8. The fourth-order valence-corrected chi connectivity index (χ4v) is 1.85. The molecule has 0 aliphatic carbocycles. The largest absolute Gasteiger partial charge is 0.494 e. The number of benzene rings is 1. The van der Waals surface area contributed by atoms with Gasteiger partial charge in [-0.3, -0.25) is 9.59 Å². The lowest BCUT2D eigenvalue weighted by molar-refractivity contribution is -0.129. The van der Waals surface area contributed by atoms with Gasteiger partial charge in [0, 0.05) is 13.5 Å². The lowest BCUT2D eigenvalue weighted by Gasteiger charge is -2.20. The van der Waals surface area contributed by atoms with Crippen LogP contribution in [0.15, 0.2) is 30.3 Å². The molecule has 0 fully saturated rings. The van der Waals surface area contributed by atoms with E-state index in [1.54, 1.807) is 0 Å². The van der Waals surface area contributed by atoms with Crippen LogP contribution in [0.3, 0.4) is 0 Å². The summed E-state index contributed by atoms with van der Waals surface area (Å²) in [5.74, 6) is 0.521. The third-order valence-electron chi connectivity index (χ3n) is 2.94. The van der Waals surface area contributed by atoms with Crippen LogP contribution in [0.2, 0.25) is 0 Å². The number of hydrogen-bond donors (Lipinski definition) is 2. The number of carbonyl (C=O) groups is 2. The Morgan fingerprint density at radius 3 is 2.43 bits per heavy atom. The summed E-state index contributed by atoms with van der Waals surface area (Å²) in [4.78, 5) is 23.1. The highest BCUT2D eigenvalue weighted by Crippen LogP contribution is 2.08. The van der Waals surface area contributed by atoms with Gasteiger partial charge < -0.3 is 15.4 Å². The minimum Gasteiger partial charge on any atom is -0.494 e. The number of amides is 2. The van der Waals surface area contributed by atoms with Crippen molar-refractivity contribution in [3.05, 3.63) is 30.3 Å². The number of nitrogens with one attached hydrogen (secondary N) is 2. The number of ether oxygens (including phenoxy) is 1. The summed E-state index contributed by atoms with van der Waals surface area (Å²) in [6.45, 7) is 6.28. The van der Waals surface area contributed by atoms with Crippen molar-refractivity contribution in [1.29, 1.82) is 0 Å². The Kier molecular flexibility index (Phi) is 7.29. The number of para-hydroxylation sites is 1. The first-order valence-corrected chi connectivity index (χ1v) is 7.23. The Balaban J connectivity index is 2.24. The average Bonchev–Trinajstić information content (AvgIpc) is 2.44. The Bertz CT molecular complexity index is 446. The zero-order valence-electron chi connectivity index (χ0n) is 12.9. The summed E-state index contributed by atoms with van der Waals surface area (Å²) >= 11 is 0. The molecule has 116 valence electrons. The van der Waals surface area contributed by atoms with Gasteiger partial charge in [0.2, 0.25) is 11.8 Å². The molecule has 0 spiro atoms. The summed E-state index contributed by atoms with van der Waals surface area (Å²) in [5.41, 5.74) is 0. The maximum Gasteiger partial charge on any atom is 0.242 e. The quantitative estimate of drug-likeness (QED) is 0.717. The molecule has 0 saturated heterocycles. The van der Waals surface area contributed by atoms with Crippen LogP contribution in [0.5, 0.6) is 5.75 Å².